The molecular formula is C21H21F2N7O2. The fraction of sp³-hybridized carbons (Fsp3) is 0.429. The molecular weight excluding hydrogens is 420 g/mol. The van der Waals surface area contributed by atoms with E-state index in [1.54, 1.807) is 6.07 Å². The van der Waals surface area contributed by atoms with E-state index in [1.165, 1.54) is 23.5 Å². The van der Waals surface area contributed by atoms with Crippen LogP contribution in [0, 0.1) is 17.2 Å². The van der Waals surface area contributed by atoms with Crippen LogP contribution < -0.4 is 10.6 Å². The van der Waals surface area contributed by atoms with Crippen molar-refractivity contribution in [3.8, 4) is 17.3 Å². The predicted molar refractivity (Wildman–Crippen MR) is 111 cm³/mol. The fourth-order valence-corrected chi connectivity index (χ4v) is 3.58. The van der Waals surface area contributed by atoms with Crippen molar-refractivity contribution in [3.63, 3.8) is 0 Å². The molecule has 1 atom stereocenters. The van der Waals surface area contributed by atoms with E-state index in [1.807, 2.05) is 6.07 Å². The van der Waals surface area contributed by atoms with Gasteiger partial charge < -0.3 is 15.5 Å². The van der Waals surface area contributed by atoms with E-state index < -0.39 is 18.4 Å². The minimum absolute atomic E-state index is 0.0482. The lowest BCUT2D eigenvalue weighted by molar-refractivity contribution is -0.132. The van der Waals surface area contributed by atoms with Crippen LogP contribution in [-0.4, -0.2) is 57.2 Å². The van der Waals surface area contributed by atoms with Crippen LogP contribution in [-0.2, 0) is 9.59 Å². The van der Waals surface area contributed by atoms with E-state index >= 15 is 0 Å². The third-order valence-electron chi connectivity index (χ3n) is 5.48. The summed E-state index contributed by atoms with van der Waals surface area (Å²) >= 11 is 0. The molecule has 0 radical (unpaired) electrons. The Morgan fingerprint density at radius 1 is 1.19 bits per heavy atom. The molecule has 0 unspecified atom stereocenters. The third kappa shape index (κ3) is 4.80. The summed E-state index contributed by atoms with van der Waals surface area (Å²) in [4.78, 5) is 38.0. The lowest BCUT2D eigenvalue weighted by atomic mass is 10.1. The maximum atomic E-state index is 13.1. The number of carbonyl (C=O) groups is 2. The maximum absolute atomic E-state index is 13.1. The Morgan fingerprint density at radius 3 is 2.66 bits per heavy atom. The Kier molecular flexibility index (Phi) is 6.20. The van der Waals surface area contributed by atoms with Gasteiger partial charge in [0.15, 0.2) is 11.5 Å². The van der Waals surface area contributed by atoms with Crippen LogP contribution in [0.2, 0.25) is 0 Å². The van der Waals surface area contributed by atoms with Gasteiger partial charge in [0.2, 0.25) is 11.8 Å². The van der Waals surface area contributed by atoms with Gasteiger partial charge in [-0.15, -0.1) is 0 Å². The average molecular weight is 441 g/mol. The Balaban J connectivity index is 1.45. The zero-order valence-electron chi connectivity index (χ0n) is 17.1. The van der Waals surface area contributed by atoms with Crippen molar-refractivity contribution in [2.75, 3.05) is 23.7 Å². The first-order chi connectivity index (χ1) is 15.5. The summed E-state index contributed by atoms with van der Waals surface area (Å²) in [6.07, 6.45) is 4.35. The summed E-state index contributed by atoms with van der Waals surface area (Å²) in [6, 6.07) is 2.47. The number of pyridine rings is 1. The molecule has 9 nitrogen and oxygen atoms in total. The molecule has 2 aromatic heterocycles. The quantitative estimate of drug-likeness (QED) is 0.676. The number of nitrogens with one attached hydrogen (secondary N) is 2. The Morgan fingerprint density at radius 2 is 2.00 bits per heavy atom. The van der Waals surface area contributed by atoms with Crippen molar-refractivity contribution in [3.05, 3.63) is 30.4 Å². The van der Waals surface area contributed by atoms with E-state index in [4.69, 9.17) is 0 Å². The first-order valence-corrected chi connectivity index (χ1v) is 10.3. The minimum Gasteiger partial charge on any atom is -0.374 e. The second-order valence-electron chi connectivity index (χ2n) is 7.77. The maximum Gasteiger partial charge on any atom is 0.258 e. The summed E-state index contributed by atoms with van der Waals surface area (Å²) in [5.41, 5.74) is 1.35. The SMILES string of the molecule is N#Cc1ncc(-c2cnc(NC(=O)C3CC3)cn2)cc1NCC(=O)N1CCC[C@@H]1C(F)F. The molecule has 166 valence electrons. The van der Waals surface area contributed by atoms with Gasteiger partial charge >= 0.3 is 0 Å². The van der Waals surface area contributed by atoms with E-state index in [2.05, 4.69) is 25.6 Å². The predicted octanol–water partition coefficient (Wildman–Crippen LogP) is 2.43. The van der Waals surface area contributed by atoms with Crippen molar-refractivity contribution >= 4 is 23.3 Å². The number of amides is 2. The molecule has 4 rings (SSSR count). The van der Waals surface area contributed by atoms with E-state index in [0.717, 1.165) is 12.8 Å². The summed E-state index contributed by atoms with van der Waals surface area (Å²) in [5.74, 6) is -0.143. The van der Waals surface area contributed by atoms with E-state index in [0.29, 0.717) is 29.2 Å². The Hall–Kier alpha value is -3.68. The third-order valence-corrected chi connectivity index (χ3v) is 5.48. The highest BCUT2D eigenvalue weighted by atomic mass is 19.3. The first-order valence-electron chi connectivity index (χ1n) is 10.3. The molecule has 11 heteroatoms. The highest BCUT2D eigenvalue weighted by Crippen LogP contribution is 2.30. The second kappa shape index (κ2) is 9.21. The molecule has 1 saturated heterocycles. The van der Waals surface area contributed by atoms with Gasteiger partial charge in [0.25, 0.3) is 6.43 Å². The standard InChI is InChI=1S/C21H21F2N7O2/c22-20(23)17-2-1-5-30(17)19(31)11-27-14-6-13(8-25-15(14)7-24)16-9-28-18(10-26-16)29-21(32)12-3-4-12/h6,8-10,12,17,20,27H,1-5,11H2,(H,28,29,32)/t17-/m1/s1. The van der Waals surface area contributed by atoms with Crippen molar-refractivity contribution in [2.45, 2.75) is 38.2 Å². The van der Waals surface area contributed by atoms with Crippen molar-refractivity contribution in [1.82, 2.24) is 19.9 Å². The van der Waals surface area contributed by atoms with Crippen molar-refractivity contribution in [1.29, 1.82) is 5.26 Å². The number of likely N-dealkylation sites (tertiary alicyclic amines) is 1. The number of rotatable bonds is 7. The topological polar surface area (TPSA) is 124 Å². The molecule has 32 heavy (non-hydrogen) atoms. The number of alkyl halides is 2. The number of halogens is 2. The van der Waals surface area contributed by atoms with Crippen LogP contribution in [0.15, 0.2) is 24.7 Å². The van der Waals surface area contributed by atoms with Crippen LogP contribution in [0.4, 0.5) is 20.3 Å². The number of hydrogen-bond donors (Lipinski definition) is 2. The smallest absolute Gasteiger partial charge is 0.258 e. The summed E-state index contributed by atoms with van der Waals surface area (Å²) in [6.45, 7) is 0.0546. The molecule has 0 bridgehead atoms. The molecule has 0 aromatic carbocycles. The Labute approximate surface area is 182 Å². The van der Waals surface area contributed by atoms with Gasteiger partial charge in [0, 0.05) is 24.2 Å². The van der Waals surface area contributed by atoms with Crippen LogP contribution in [0.3, 0.4) is 0 Å². The van der Waals surface area contributed by atoms with Crippen molar-refractivity contribution in [2.24, 2.45) is 5.92 Å². The van der Waals surface area contributed by atoms with Crippen LogP contribution in [0.1, 0.15) is 31.4 Å². The normalized spacial score (nSPS) is 17.8. The van der Waals surface area contributed by atoms with Gasteiger partial charge in [-0.25, -0.2) is 18.7 Å². The molecule has 1 aliphatic heterocycles. The molecule has 3 heterocycles. The summed E-state index contributed by atoms with van der Waals surface area (Å²) < 4.78 is 26.2. The molecule has 2 N–H and O–H groups in total. The number of carbonyl (C=O) groups excluding carboxylic acids is 2. The van der Waals surface area contributed by atoms with Gasteiger partial charge in [-0.1, -0.05) is 0 Å². The molecule has 2 aliphatic rings. The molecule has 1 aliphatic carbocycles. The summed E-state index contributed by atoms with van der Waals surface area (Å²) in [5, 5.41) is 14.9. The van der Waals surface area contributed by atoms with Crippen LogP contribution in [0.5, 0.6) is 0 Å². The fourth-order valence-electron chi connectivity index (χ4n) is 3.58. The lowest BCUT2D eigenvalue weighted by Crippen LogP contribution is -2.42. The number of aromatic nitrogens is 3. The minimum atomic E-state index is -2.59. The van der Waals surface area contributed by atoms with Crippen LogP contribution >= 0.6 is 0 Å². The highest BCUT2D eigenvalue weighted by Gasteiger charge is 2.35. The molecule has 2 aromatic rings. The van der Waals surface area contributed by atoms with Gasteiger partial charge in [-0.2, -0.15) is 5.26 Å². The second-order valence-corrected chi connectivity index (χ2v) is 7.77. The zero-order chi connectivity index (χ0) is 22.7. The zero-order valence-corrected chi connectivity index (χ0v) is 17.1. The van der Waals surface area contributed by atoms with E-state index in [9.17, 15) is 23.6 Å². The van der Waals surface area contributed by atoms with Gasteiger partial charge in [0.1, 0.15) is 6.07 Å². The lowest BCUT2D eigenvalue weighted by Gasteiger charge is -2.24. The average Bonchev–Trinajstić information content (AvgIpc) is 3.53. The van der Waals surface area contributed by atoms with Crippen LogP contribution in [0.25, 0.3) is 11.3 Å². The van der Waals surface area contributed by atoms with Gasteiger partial charge in [-0.05, 0) is 31.7 Å². The summed E-state index contributed by atoms with van der Waals surface area (Å²) in [7, 11) is 0. The molecule has 0 spiro atoms. The molecule has 2 fully saturated rings. The number of anilines is 2. The number of nitrogens with zero attached hydrogens (tertiary/aromatic N) is 5. The monoisotopic (exact) mass is 441 g/mol. The highest BCUT2D eigenvalue weighted by molar-refractivity contribution is 5.93. The van der Waals surface area contributed by atoms with Gasteiger partial charge in [-0.3, -0.25) is 14.6 Å². The number of nitriles is 1. The van der Waals surface area contributed by atoms with Gasteiger partial charge in [0.05, 0.1) is 36.4 Å². The van der Waals surface area contributed by atoms with E-state index in [-0.39, 0.29) is 37.0 Å². The first kappa shape index (κ1) is 21.5. The largest absolute Gasteiger partial charge is 0.374 e. The molecule has 1 saturated carbocycles. The Bertz CT molecular complexity index is 1050. The van der Waals surface area contributed by atoms with Crippen molar-refractivity contribution < 1.29 is 18.4 Å². The molecule has 2 amide bonds. The number of hydrogen-bond acceptors (Lipinski definition) is 7.